The number of furan rings is 1. The fourth-order valence-corrected chi connectivity index (χ4v) is 7.20. The minimum Gasteiger partial charge on any atom is -0.455 e. The number of nitrogens with zero attached hydrogens (tertiary/aromatic N) is 3. The van der Waals surface area contributed by atoms with Crippen molar-refractivity contribution in [3.8, 4) is 11.3 Å². The second-order valence-corrected chi connectivity index (χ2v) is 11.4. The van der Waals surface area contributed by atoms with E-state index in [1.807, 2.05) is 30.6 Å². The molecule has 0 unspecified atom stereocenters. The zero-order valence-corrected chi connectivity index (χ0v) is 24.3. The summed E-state index contributed by atoms with van der Waals surface area (Å²) in [6, 6.07) is 53.4. The van der Waals surface area contributed by atoms with Crippen molar-refractivity contribution in [3.05, 3.63) is 186 Å². The zero-order valence-electron chi connectivity index (χ0n) is 24.3. The van der Waals surface area contributed by atoms with Gasteiger partial charge in [0.25, 0.3) is 0 Å². The van der Waals surface area contributed by atoms with Gasteiger partial charge in [0.15, 0.2) is 5.82 Å². The zero-order chi connectivity index (χ0) is 29.8. The number of fused-ring (bicyclic) bond motifs is 5. The number of aromatic nitrogens is 2. The van der Waals surface area contributed by atoms with E-state index in [9.17, 15) is 0 Å². The minimum atomic E-state index is -0.531. The molecular weight excluding hydrogens is 550 g/mol. The highest BCUT2D eigenvalue weighted by molar-refractivity contribution is 6.09. The number of benzene rings is 6. The molecule has 212 valence electrons. The Morgan fingerprint density at radius 2 is 1.09 bits per heavy atom. The third kappa shape index (κ3) is 3.72. The Labute approximate surface area is 260 Å². The molecule has 1 aliphatic rings. The number of anilines is 3. The van der Waals surface area contributed by atoms with Crippen LogP contribution in [-0.4, -0.2) is 9.97 Å². The van der Waals surface area contributed by atoms with Gasteiger partial charge < -0.3 is 4.42 Å². The Hall–Kier alpha value is -6.00. The largest absolute Gasteiger partial charge is 0.455 e. The summed E-state index contributed by atoms with van der Waals surface area (Å²) in [5, 5.41) is 2.16. The average molecular weight is 578 g/mol. The first-order valence-electron chi connectivity index (χ1n) is 15.2. The Bertz CT molecular complexity index is 2250. The molecule has 0 aliphatic carbocycles. The molecule has 0 N–H and O–H groups in total. The van der Waals surface area contributed by atoms with Crippen molar-refractivity contribution < 1.29 is 4.42 Å². The van der Waals surface area contributed by atoms with Crippen molar-refractivity contribution in [2.45, 2.75) is 5.41 Å². The van der Waals surface area contributed by atoms with E-state index >= 15 is 0 Å². The van der Waals surface area contributed by atoms with Crippen molar-refractivity contribution in [2.24, 2.45) is 0 Å². The summed E-state index contributed by atoms with van der Waals surface area (Å²) in [5.74, 6) is 0.746. The molecular formula is C41H27N3O. The van der Waals surface area contributed by atoms with Gasteiger partial charge in [-0.3, -0.25) is 9.88 Å². The maximum atomic E-state index is 6.38. The Morgan fingerprint density at radius 1 is 0.511 bits per heavy atom. The van der Waals surface area contributed by atoms with E-state index in [4.69, 9.17) is 14.4 Å². The first kappa shape index (κ1) is 25.5. The van der Waals surface area contributed by atoms with Gasteiger partial charge in [-0.05, 0) is 46.5 Å². The highest BCUT2D eigenvalue weighted by Gasteiger charge is 2.46. The van der Waals surface area contributed by atoms with Gasteiger partial charge in [0.05, 0.1) is 34.9 Å². The fourth-order valence-electron chi connectivity index (χ4n) is 7.20. The van der Waals surface area contributed by atoms with Crippen LogP contribution in [0.3, 0.4) is 0 Å². The lowest BCUT2D eigenvalue weighted by molar-refractivity contribution is 0.670. The van der Waals surface area contributed by atoms with Crippen LogP contribution in [0.1, 0.15) is 22.3 Å². The van der Waals surface area contributed by atoms with Crippen LogP contribution in [0.2, 0.25) is 0 Å². The van der Waals surface area contributed by atoms with E-state index in [0.717, 1.165) is 50.4 Å². The van der Waals surface area contributed by atoms with Crippen LogP contribution in [-0.2, 0) is 5.41 Å². The molecule has 6 aromatic carbocycles. The predicted octanol–water partition coefficient (Wildman–Crippen LogP) is 10.2. The van der Waals surface area contributed by atoms with Crippen LogP contribution in [0.4, 0.5) is 17.2 Å². The lowest BCUT2D eigenvalue weighted by Gasteiger charge is -2.46. The Morgan fingerprint density at radius 3 is 1.78 bits per heavy atom. The lowest BCUT2D eigenvalue weighted by Crippen LogP contribution is -2.37. The monoisotopic (exact) mass is 577 g/mol. The molecule has 0 bridgehead atoms. The molecule has 0 amide bonds. The molecule has 0 spiro atoms. The number of rotatable bonds is 4. The van der Waals surface area contributed by atoms with Crippen molar-refractivity contribution >= 4 is 39.1 Å². The van der Waals surface area contributed by atoms with E-state index in [1.54, 1.807) is 0 Å². The summed E-state index contributed by atoms with van der Waals surface area (Å²) >= 11 is 0. The average Bonchev–Trinajstić information content (AvgIpc) is 3.50. The molecule has 0 atom stereocenters. The molecule has 0 radical (unpaired) electrons. The van der Waals surface area contributed by atoms with Crippen molar-refractivity contribution in [1.82, 2.24) is 9.97 Å². The van der Waals surface area contributed by atoms with Gasteiger partial charge in [-0.2, -0.15) is 0 Å². The second kappa shape index (κ2) is 10.0. The third-order valence-corrected chi connectivity index (χ3v) is 9.04. The summed E-state index contributed by atoms with van der Waals surface area (Å²) in [5.41, 5.74) is 9.76. The topological polar surface area (TPSA) is 42.2 Å². The molecule has 0 saturated carbocycles. The summed E-state index contributed by atoms with van der Waals surface area (Å²) in [7, 11) is 0. The number of hydrogen-bond donors (Lipinski definition) is 0. The van der Waals surface area contributed by atoms with E-state index in [1.165, 1.54) is 22.3 Å². The van der Waals surface area contributed by atoms with E-state index in [2.05, 4.69) is 138 Å². The van der Waals surface area contributed by atoms with Gasteiger partial charge in [-0.25, -0.2) is 4.98 Å². The number of hydrogen-bond acceptors (Lipinski definition) is 4. The van der Waals surface area contributed by atoms with Gasteiger partial charge in [-0.15, -0.1) is 0 Å². The summed E-state index contributed by atoms with van der Waals surface area (Å²) in [6.45, 7) is 0. The van der Waals surface area contributed by atoms with Crippen molar-refractivity contribution in [1.29, 1.82) is 0 Å². The molecule has 45 heavy (non-hydrogen) atoms. The molecule has 2 aromatic heterocycles. The van der Waals surface area contributed by atoms with E-state index < -0.39 is 5.41 Å². The van der Waals surface area contributed by atoms with Gasteiger partial charge in [0.1, 0.15) is 11.2 Å². The second-order valence-electron chi connectivity index (χ2n) is 11.4. The molecule has 0 saturated heterocycles. The normalized spacial score (nSPS) is 13.5. The molecule has 9 rings (SSSR count). The van der Waals surface area contributed by atoms with Crippen molar-refractivity contribution in [3.63, 3.8) is 0 Å². The van der Waals surface area contributed by atoms with Crippen LogP contribution in [0.25, 0.3) is 33.2 Å². The molecule has 4 nitrogen and oxygen atoms in total. The maximum absolute atomic E-state index is 6.38. The van der Waals surface area contributed by atoms with Crippen LogP contribution in [0.5, 0.6) is 0 Å². The highest BCUT2D eigenvalue weighted by atomic mass is 16.3. The summed E-state index contributed by atoms with van der Waals surface area (Å²) in [6.07, 6.45) is 3.68. The Balaban J connectivity index is 1.30. The lowest BCUT2D eigenvalue weighted by atomic mass is 9.62. The summed E-state index contributed by atoms with van der Waals surface area (Å²) in [4.78, 5) is 12.3. The molecule has 8 aromatic rings. The quantitative estimate of drug-likeness (QED) is 0.209. The highest BCUT2D eigenvalue weighted by Crippen LogP contribution is 2.57. The minimum absolute atomic E-state index is 0.531. The third-order valence-electron chi connectivity index (χ3n) is 9.04. The predicted molar refractivity (Wildman–Crippen MR) is 181 cm³/mol. The standard InChI is InChI=1S/C41H27N3O/c1-3-14-28(15-4-1)41(29-16-5-2-6-17-29)33-21-8-10-23-36(33)44(37-24-11-9-22-34(37)41)39-27-42-26-35(43-39)32-20-13-19-31-30-18-7-12-25-38(30)45-40(31)32/h1-27H. The molecule has 3 heterocycles. The van der Waals surface area contributed by atoms with E-state index in [0.29, 0.717) is 0 Å². The summed E-state index contributed by atoms with van der Waals surface area (Å²) < 4.78 is 6.38. The van der Waals surface area contributed by atoms with Crippen molar-refractivity contribution in [2.75, 3.05) is 4.90 Å². The first-order chi connectivity index (χ1) is 22.3. The first-order valence-corrected chi connectivity index (χ1v) is 15.2. The van der Waals surface area contributed by atoms with Gasteiger partial charge >= 0.3 is 0 Å². The molecule has 4 heteroatoms. The SMILES string of the molecule is c1ccc(C2(c3ccccc3)c3ccccc3N(c3cncc(-c4cccc5c4oc4ccccc45)n3)c3ccccc32)cc1. The van der Waals surface area contributed by atoms with E-state index in [-0.39, 0.29) is 0 Å². The number of para-hydroxylation sites is 4. The smallest absolute Gasteiger partial charge is 0.156 e. The van der Waals surface area contributed by atoms with Crippen LogP contribution < -0.4 is 4.90 Å². The van der Waals surface area contributed by atoms with Crippen LogP contribution >= 0.6 is 0 Å². The van der Waals surface area contributed by atoms with Gasteiger partial charge in [0.2, 0.25) is 0 Å². The molecule has 1 aliphatic heterocycles. The van der Waals surface area contributed by atoms with Gasteiger partial charge in [-0.1, -0.05) is 127 Å². The molecule has 0 fully saturated rings. The fraction of sp³-hybridized carbons (Fsp3) is 0.0244. The maximum Gasteiger partial charge on any atom is 0.156 e. The Kier molecular flexibility index (Phi) is 5.69. The van der Waals surface area contributed by atoms with Gasteiger partial charge in [0, 0.05) is 16.3 Å². The van der Waals surface area contributed by atoms with Crippen LogP contribution in [0.15, 0.2) is 168 Å². The van der Waals surface area contributed by atoms with Crippen LogP contribution in [0, 0.1) is 0 Å².